The summed E-state index contributed by atoms with van der Waals surface area (Å²) >= 11 is 0. The molecule has 0 heterocycles. The zero-order valence-electron chi connectivity index (χ0n) is 22.3. The van der Waals surface area contributed by atoms with Crippen molar-refractivity contribution in [3.8, 4) is 0 Å². The molecule has 0 saturated carbocycles. The first kappa shape index (κ1) is 34.9. The molecule has 0 spiro atoms. The summed E-state index contributed by atoms with van der Waals surface area (Å²) in [5.41, 5.74) is 0. The van der Waals surface area contributed by atoms with E-state index in [0.29, 0.717) is 0 Å². The molecule has 0 aliphatic carbocycles. The Morgan fingerprint density at radius 2 is 0.341 bits per heavy atom. The molecule has 0 bridgehead atoms. The van der Waals surface area contributed by atoms with Gasteiger partial charge in [-0.3, -0.25) is 0 Å². The molecular formula is C36H30Br2CuP2. The Balaban J connectivity index is 0.000000267. The van der Waals surface area contributed by atoms with Crippen LogP contribution in [0.1, 0.15) is 0 Å². The fourth-order valence-corrected chi connectivity index (χ4v) is 8.97. The van der Waals surface area contributed by atoms with E-state index >= 15 is 0 Å². The van der Waals surface area contributed by atoms with Crippen molar-refractivity contribution < 1.29 is 51.0 Å². The Labute approximate surface area is 278 Å². The van der Waals surface area contributed by atoms with Gasteiger partial charge in [-0.05, 0) is 47.7 Å². The maximum Gasteiger partial charge on any atom is 2.00 e. The molecule has 6 rings (SSSR count). The summed E-state index contributed by atoms with van der Waals surface area (Å²) in [6.07, 6.45) is 0. The fourth-order valence-electron chi connectivity index (χ4n) is 4.36. The minimum Gasteiger partial charge on any atom is -1.00 e. The van der Waals surface area contributed by atoms with Gasteiger partial charge < -0.3 is 34.0 Å². The van der Waals surface area contributed by atoms with E-state index in [4.69, 9.17) is 0 Å². The minimum absolute atomic E-state index is 0. The van der Waals surface area contributed by atoms with Crippen molar-refractivity contribution >= 4 is 47.7 Å². The topological polar surface area (TPSA) is 0 Å². The number of halogens is 2. The van der Waals surface area contributed by atoms with Crippen LogP contribution in [0.5, 0.6) is 0 Å². The van der Waals surface area contributed by atoms with Gasteiger partial charge in [-0.25, -0.2) is 0 Å². The van der Waals surface area contributed by atoms with Gasteiger partial charge in [0, 0.05) is 0 Å². The van der Waals surface area contributed by atoms with Crippen molar-refractivity contribution in [1.82, 2.24) is 0 Å². The number of rotatable bonds is 6. The monoisotopic (exact) mass is 745 g/mol. The average Bonchev–Trinajstić information content (AvgIpc) is 3.01. The van der Waals surface area contributed by atoms with Gasteiger partial charge in [0.2, 0.25) is 0 Å². The predicted octanol–water partition coefficient (Wildman–Crippen LogP) is 0.895. The Morgan fingerprint density at radius 1 is 0.220 bits per heavy atom. The largest absolute Gasteiger partial charge is 2.00 e. The molecular weight excluding hydrogens is 718 g/mol. The van der Waals surface area contributed by atoms with Crippen molar-refractivity contribution in [3.05, 3.63) is 182 Å². The molecule has 5 heteroatoms. The van der Waals surface area contributed by atoms with E-state index in [1.54, 1.807) is 0 Å². The predicted molar refractivity (Wildman–Crippen MR) is 170 cm³/mol. The molecule has 0 fully saturated rings. The molecule has 0 aliphatic heterocycles. The van der Waals surface area contributed by atoms with Gasteiger partial charge in [0.15, 0.2) is 0 Å². The number of hydrogen-bond acceptors (Lipinski definition) is 0. The molecule has 0 saturated heterocycles. The van der Waals surface area contributed by atoms with E-state index in [0.717, 1.165) is 0 Å². The van der Waals surface area contributed by atoms with Gasteiger partial charge in [-0.1, -0.05) is 182 Å². The van der Waals surface area contributed by atoms with Gasteiger partial charge >= 0.3 is 17.1 Å². The molecule has 209 valence electrons. The van der Waals surface area contributed by atoms with Crippen LogP contribution in [0.15, 0.2) is 182 Å². The summed E-state index contributed by atoms with van der Waals surface area (Å²) in [6, 6.07) is 64.7. The van der Waals surface area contributed by atoms with Gasteiger partial charge in [-0.15, -0.1) is 0 Å². The molecule has 0 amide bonds. The average molecular weight is 748 g/mol. The molecule has 0 aromatic heterocycles. The summed E-state index contributed by atoms with van der Waals surface area (Å²) in [6.45, 7) is 0. The van der Waals surface area contributed by atoms with E-state index in [9.17, 15) is 0 Å². The second-order valence-electron chi connectivity index (χ2n) is 8.68. The second kappa shape index (κ2) is 19.0. The molecule has 0 unspecified atom stereocenters. The second-order valence-corrected chi connectivity index (χ2v) is 13.1. The van der Waals surface area contributed by atoms with Crippen molar-refractivity contribution in [2.45, 2.75) is 0 Å². The maximum absolute atomic E-state index is 2.23. The van der Waals surface area contributed by atoms with E-state index in [-0.39, 0.29) is 51.0 Å². The van der Waals surface area contributed by atoms with E-state index in [2.05, 4.69) is 182 Å². The van der Waals surface area contributed by atoms with Crippen LogP contribution in [0.4, 0.5) is 0 Å². The van der Waals surface area contributed by atoms with Crippen molar-refractivity contribution in [3.63, 3.8) is 0 Å². The van der Waals surface area contributed by atoms with Gasteiger partial charge in [0.1, 0.15) is 0 Å². The molecule has 0 atom stereocenters. The van der Waals surface area contributed by atoms with Crippen molar-refractivity contribution in [2.75, 3.05) is 0 Å². The number of benzene rings is 6. The first-order chi connectivity index (χ1) is 18.9. The summed E-state index contributed by atoms with van der Waals surface area (Å²) in [5.74, 6) is 0. The van der Waals surface area contributed by atoms with Crippen LogP contribution in [0.25, 0.3) is 0 Å². The Kier molecular flexibility index (Phi) is 16.1. The number of hydrogen-bond donors (Lipinski definition) is 0. The minimum atomic E-state index is -0.446. The maximum atomic E-state index is 2.23. The SMILES string of the molecule is [Br-].[Br-].[Cu+2].c1ccc(P(c2ccccc2)c2ccccc2)cc1.c1ccc(P(c2ccccc2)c2ccccc2)cc1. The summed E-state index contributed by atoms with van der Waals surface area (Å²) in [5, 5.41) is 8.39. The van der Waals surface area contributed by atoms with Gasteiger partial charge in [0.05, 0.1) is 0 Å². The van der Waals surface area contributed by atoms with Crippen molar-refractivity contribution in [2.24, 2.45) is 0 Å². The normalized spacial score (nSPS) is 9.80. The van der Waals surface area contributed by atoms with E-state index in [1.807, 2.05) is 0 Å². The molecule has 6 aromatic carbocycles. The third-order valence-electron chi connectivity index (χ3n) is 6.09. The molecule has 0 N–H and O–H groups in total. The van der Waals surface area contributed by atoms with Crippen LogP contribution in [-0.2, 0) is 17.1 Å². The Morgan fingerprint density at radius 3 is 0.463 bits per heavy atom. The van der Waals surface area contributed by atoms with E-state index < -0.39 is 15.8 Å². The van der Waals surface area contributed by atoms with Crippen LogP contribution in [0, 0.1) is 0 Å². The molecule has 0 aliphatic rings. The molecule has 1 radical (unpaired) electrons. The molecule has 6 aromatic rings. The zero-order valence-corrected chi connectivity index (χ0v) is 28.2. The Hall–Kier alpha value is -2.34. The smallest absolute Gasteiger partial charge is 1.00 e. The van der Waals surface area contributed by atoms with E-state index in [1.165, 1.54) is 31.8 Å². The van der Waals surface area contributed by atoms with Crippen LogP contribution in [0.3, 0.4) is 0 Å². The summed E-state index contributed by atoms with van der Waals surface area (Å²) in [4.78, 5) is 0. The van der Waals surface area contributed by atoms with Crippen LogP contribution in [-0.4, -0.2) is 0 Å². The summed E-state index contributed by atoms with van der Waals surface area (Å²) < 4.78 is 0. The van der Waals surface area contributed by atoms with Gasteiger partial charge in [0.25, 0.3) is 0 Å². The van der Waals surface area contributed by atoms with Crippen LogP contribution in [0.2, 0.25) is 0 Å². The first-order valence-electron chi connectivity index (χ1n) is 12.8. The standard InChI is InChI=1S/2C18H15P.2BrH.Cu/c2*1-4-10-16(11-5-1)19(17-12-6-2-7-13-17)18-14-8-3-9-15-18;;;/h2*1-15H;2*1H;/q;;;;+2/p-2. The quantitative estimate of drug-likeness (QED) is 0.176. The first-order valence-corrected chi connectivity index (χ1v) is 15.5. The Bertz CT molecular complexity index is 1180. The van der Waals surface area contributed by atoms with Crippen LogP contribution < -0.4 is 65.8 Å². The van der Waals surface area contributed by atoms with Gasteiger partial charge in [-0.2, -0.15) is 0 Å². The zero-order chi connectivity index (χ0) is 25.8. The fraction of sp³-hybridized carbons (Fsp3) is 0. The molecule has 41 heavy (non-hydrogen) atoms. The molecule has 0 nitrogen and oxygen atoms in total. The van der Waals surface area contributed by atoms with Crippen LogP contribution >= 0.6 is 15.8 Å². The third kappa shape index (κ3) is 9.87. The van der Waals surface area contributed by atoms with Crippen molar-refractivity contribution in [1.29, 1.82) is 0 Å². The third-order valence-corrected chi connectivity index (χ3v) is 11.0. The summed E-state index contributed by atoms with van der Waals surface area (Å²) in [7, 11) is -0.892.